The van der Waals surface area contributed by atoms with E-state index >= 15 is 0 Å². The fourth-order valence-corrected chi connectivity index (χ4v) is 1.14. The average Bonchev–Trinajstić information content (AvgIpc) is 1.96. The van der Waals surface area contributed by atoms with Gasteiger partial charge in [-0.05, 0) is 6.42 Å². The summed E-state index contributed by atoms with van der Waals surface area (Å²) in [5.74, 6) is 0.0765. The van der Waals surface area contributed by atoms with Crippen molar-refractivity contribution in [2.75, 3.05) is 7.05 Å². The molecule has 0 bridgehead atoms. The summed E-state index contributed by atoms with van der Waals surface area (Å²) in [6, 6.07) is 0. The third-order valence-corrected chi connectivity index (χ3v) is 4.02. The highest BCUT2D eigenvalue weighted by molar-refractivity contribution is 6.73. The fraction of sp³-hybridized carbons (Fsp3) is 0.778. The highest BCUT2D eigenvalue weighted by atomic mass is 28.3. The molecule has 0 saturated carbocycles. The zero-order valence-electron chi connectivity index (χ0n) is 9.51. The maximum Gasteiger partial charge on any atom is 0.175 e. The van der Waals surface area contributed by atoms with Crippen molar-refractivity contribution in [2.24, 2.45) is 5.10 Å². The van der Waals surface area contributed by atoms with Crippen LogP contribution >= 0.6 is 0 Å². The van der Waals surface area contributed by atoms with Crippen molar-refractivity contribution in [1.82, 2.24) is 4.67 Å². The zero-order valence-corrected chi connectivity index (χ0v) is 10.5. The van der Waals surface area contributed by atoms with E-state index in [2.05, 4.69) is 24.7 Å². The lowest BCUT2D eigenvalue weighted by molar-refractivity contribution is -0.111. The largest absolute Gasteiger partial charge is 0.327 e. The van der Waals surface area contributed by atoms with Gasteiger partial charge in [-0.3, -0.25) is 4.79 Å². The van der Waals surface area contributed by atoms with E-state index in [0.717, 1.165) is 0 Å². The molecule has 0 aliphatic carbocycles. The van der Waals surface area contributed by atoms with Crippen LogP contribution in [0.2, 0.25) is 19.6 Å². The first-order valence-electron chi connectivity index (χ1n) is 4.61. The van der Waals surface area contributed by atoms with Crippen molar-refractivity contribution in [3.8, 4) is 0 Å². The second-order valence-electron chi connectivity index (χ2n) is 4.15. The molecule has 0 aromatic heterocycles. The molecule has 0 heterocycles. The Morgan fingerprint density at radius 1 is 1.38 bits per heavy atom. The van der Waals surface area contributed by atoms with Gasteiger partial charge in [0.2, 0.25) is 0 Å². The van der Waals surface area contributed by atoms with Gasteiger partial charge in [0.05, 0.1) is 0 Å². The number of nitrogens with zero attached hydrogens (tertiary/aromatic N) is 2. The van der Waals surface area contributed by atoms with Crippen LogP contribution in [0.5, 0.6) is 0 Å². The van der Waals surface area contributed by atoms with Crippen molar-refractivity contribution < 1.29 is 4.79 Å². The summed E-state index contributed by atoms with van der Waals surface area (Å²) in [6.07, 6.45) is 0.712. The van der Waals surface area contributed by atoms with E-state index in [1.165, 1.54) is 0 Å². The molecular weight excluding hydrogens is 180 g/mol. The van der Waals surface area contributed by atoms with Gasteiger partial charge in [0.1, 0.15) is 5.71 Å². The first kappa shape index (κ1) is 12.4. The molecule has 4 heteroatoms. The summed E-state index contributed by atoms with van der Waals surface area (Å²) in [6.45, 7) is 10.1. The van der Waals surface area contributed by atoms with Gasteiger partial charge in [-0.25, -0.2) is 0 Å². The summed E-state index contributed by atoms with van der Waals surface area (Å²) in [7, 11) is 0.557. The first-order chi connectivity index (χ1) is 5.79. The van der Waals surface area contributed by atoms with E-state index in [-0.39, 0.29) is 5.78 Å². The Hall–Kier alpha value is -0.643. The molecule has 0 aromatic rings. The molecule has 0 aliphatic rings. The summed E-state index contributed by atoms with van der Waals surface area (Å²) in [5.41, 5.74) is 0.671. The van der Waals surface area contributed by atoms with Crippen LogP contribution in [-0.2, 0) is 4.79 Å². The monoisotopic (exact) mass is 200 g/mol. The van der Waals surface area contributed by atoms with Crippen LogP contribution in [0.3, 0.4) is 0 Å². The lowest BCUT2D eigenvalue weighted by atomic mass is 10.2. The Bertz CT molecular complexity index is 218. The first-order valence-corrected chi connectivity index (χ1v) is 8.06. The molecule has 76 valence electrons. The summed E-state index contributed by atoms with van der Waals surface area (Å²) in [5, 5.41) is 4.33. The normalized spacial score (nSPS) is 12.9. The highest BCUT2D eigenvalue weighted by Gasteiger charge is 2.19. The van der Waals surface area contributed by atoms with Gasteiger partial charge in [0.15, 0.2) is 14.0 Å². The number of hydrogen-bond acceptors (Lipinski definition) is 3. The smallest absolute Gasteiger partial charge is 0.175 e. The highest BCUT2D eigenvalue weighted by Crippen LogP contribution is 2.07. The van der Waals surface area contributed by atoms with Crippen LogP contribution in [0.15, 0.2) is 5.10 Å². The SMILES string of the molecule is CCC(=NN(C)[Si](C)(C)C)C(C)=O. The predicted molar refractivity (Wildman–Crippen MR) is 59.5 cm³/mol. The van der Waals surface area contributed by atoms with Crippen LogP contribution in [0.1, 0.15) is 20.3 Å². The van der Waals surface area contributed by atoms with Gasteiger partial charge in [-0.1, -0.05) is 26.6 Å². The Balaban J connectivity index is 4.61. The van der Waals surface area contributed by atoms with Crippen LogP contribution in [0.4, 0.5) is 0 Å². The number of Topliss-reactive ketones (excluding diaryl/α,β-unsaturated/α-hetero) is 1. The maximum atomic E-state index is 11.1. The quantitative estimate of drug-likeness (QED) is 0.395. The number of hydrazone groups is 1. The molecule has 0 atom stereocenters. The molecule has 3 nitrogen and oxygen atoms in total. The molecule has 0 amide bonds. The second kappa shape index (κ2) is 4.55. The number of carbonyl (C=O) groups excluding carboxylic acids is 1. The van der Waals surface area contributed by atoms with E-state index in [1.807, 2.05) is 18.6 Å². The molecule has 0 fully saturated rings. The summed E-state index contributed by atoms with van der Waals surface area (Å²) in [4.78, 5) is 11.1. The van der Waals surface area contributed by atoms with Crippen molar-refractivity contribution in [3.05, 3.63) is 0 Å². The molecule has 0 aromatic carbocycles. The number of carbonyl (C=O) groups is 1. The number of hydrogen-bond donors (Lipinski definition) is 0. The molecule has 13 heavy (non-hydrogen) atoms. The molecule has 0 radical (unpaired) electrons. The molecule has 0 N–H and O–H groups in total. The summed E-state index contributed by atoms with van der Waals surface area (Å²) < 4.78 is 1.97. The van der Waals surface area contributed by atoms with E-state index < -0.39 is 8.24 Å². The Morgan fingerprint density at radius 2 is 1.85 bits per heavy atom. The van der Waals surface area contributed by atoms with Crippen LogP contribution in [0, 0.1) is 0 Å². The standard InChI is InChI=1S/C9H20N2OSi/c1-7-9(8(2)12)10-11(3)13(4,5)6/h7H2,1-6H3. The van der Waals surface area contributed by atoms with Gasteiger partial charge in [0.25, 0.3) is 0 Å². The lowest BCUT2D eigenvalue weighted by Crippen LogP contribution is -2.40. The molecule has 0 unspecified atom stereocenters. The van der Waals surface area contributed by atoms with Crippen LogP contribution in [-0.4, -0.2) is 31.5 Å². The van der Waals surface area contributed by atoms with Crippen LogP contribution < -0.4 is 0 Å². The van der Waals surface area contributed by atoms with Gasteiger partial charge in [-0.2, -0.15) is 5.10 Å². The average molecular weight is 200 g/mol. The van der Waals surface area contributed by atoms with E-state index in [1.54, 1.807) is 6.92 Å². The van der Waals surface area contributed by atoms with E-state index in [0.29, 0.717) is 12.1 Å². The van der Waals surface area contributed by atoms with Gasteiger partial charge in [0, 0.05) is 14.0 Å². The second-order valence-corrected chi connectivity index (χ2v) is 9.14. The van der Waals surface area contributed by atoms with Crippen molar-refractivity contribution in [1.29, 1.82) is 0 Å². The minimum atomic E-state index is -1.39. The Labute approximate surface area is 81.9 Å². The molecule has 0 spiro atoms. The Morgan fingerprint density at radius 3 is 2.08 bits per heavy atom. The van der Waals surface area contributed by atoms with Crippen LogP contribution in [0.25, 0.3) is 0 Å². The van der Waals surface area contributed by atoms with Crippen molar-refractivity contribution in [3.63, 3.8) is 0 Å². The van der Waals surface area contributed by atoms with E-state index in [9.17, 15) is 4.79 Å². The topological polar surface area (TPSA) is 32.7 Å². The summed E-state index contributed by atoms with van der Waals surface area (Å²) >= 11 is 0. The van der Waals surface area contributed by atoms with Gasteiger partial charge in [-0.15, -0.1) is 0 Å². The number of ketones is 1. The lowest BCUT2D eigenvalue weighted by Gasteiger charge is -2.27. The van der Waals surface area contributed by atoms with Gasteiger partial charge < -0.3 is 4.67 Å². The molecule has 0 saturated heterocycles. The maximum absolute atomic E-state index is 11.1. The molecular formula is C9H20N2OSi. The predicted octanol–water partition coefficient (Wildman–Crippen LogP) is 2.11. The van der Waals surface area contributed by atoms with Crippen molar-refractivity contribution >= 4 is 19.7 Å². The van der Waals surface area contributed by atoms with Crippen molar-refractivity contribution in [2.45, 2.75) is 39.9 Å². The Kier molecular flexibility index (Phi) is 4.33. The van der Waals surface area contributed by atoms with Gasteiger partial charge >= 0.3 is 0 Å². The minimum absolute atomic E-state index is 0.0765. The fourth-order valence-electron chi connectivity index (χ4n) is 0.721. The van der Waals surface area contributed by atoms with E-state index in [4.69, 9.17) is 0 Å². The number of rotatable bonds is 4. The third-order valence-electron chi connectivity index (χ3n) is 1.98. The minimum Gasteiger partial charge on any atom is -0.327 e. The zero-order chi connectivity index (χ0) is 10.6. The molecule has 0 aliphatic heterocycles. The third kappa shape index (κ3) is 4.22. The molecule has 0 rings (SSSR count).